The molecule has 1 fully saturated rings. The summed E-state index contributed by atoms with van der Waals surface area (Å²) in [6.45, 7) is 4.00. The Hall–Kier alpha value is -1.31. The van der Waals surface area contributed by atoms with Crippen molar-refractivity contribution >= 4 is 11.6 Å². The Morgan fingerprint density at radius 2 is 1.86 bits per heavy atom. The molecule has 1 heterocycles. The van der Waals surface area contributed by atoms with E-state index in [4.69, 9.17) is 0 Å². The van der Waals surface area contributed by atoms with Crippen molar-refractivity contribution in [1.82, 2.24) is 0 Å². The lowest BCUT2D eigenvalue weighted by atomic mass is 9.98. The van der Waals surface area contributed by atoms with Crippen molar-refractivity contribution < 1.29 is 4.79 Å². The van der Waals surface area contributed by atoms with Crippen molar-refractivity contribution in [2.75, 3.05) is 5.32 Å². The summed E-state index contributed by atoms with van der Waals surface area (Å²) >= 11 is 0. The van der Waals surface area contributed by atoms with Crippen LogP contribution in [0.1, 0.15) is 32.3 Å². The first-order chi connectivity index (χ1) is 6.83. The van der Waals surface area contributed by atoms with Gasteiger partial charge in [-0.25, -0.2) is 0 Å². The lowest BCUT2D eigenvalue weighted by Gasteiger charge is -2.01. The molecule has 2 aliphatic rings. The van der Waals surface area contributed by atoms with Gasteiger partial charge in [0, 0.05) is 5.69 Å². The van der Waals surface area contributed by atoms with E-state index in [-0.39, 0.29) is 11.3 Å². The summed E-state index contributed by atoms with van der Waals surface area (Å²) in [5, 5.41) is 2.91. The van der Waals surface area contributed by atoms with E-state index in [0.29, 0.717) is 0 Å². The Labute approximate surface area is 84.3 Å². The number of hydrogen-bond acceptors (Lipinski definition) is 1. The molecule has 3 rings (SSSR count). The van der Waals surface area contributed by atoms with E-state index in [0.717, 1.165) is 18.5 Å². The predicted molar refractivity (Wildman–Crippen MR) is 57.3 cm³/mol. The number of amides is 1. The number of para-hydroxylation sites is 1. The molecule has 74 valence electrons. The normalized spacial score (nSPS) is 19.4. The van der Waals surface area contributed by atoms with Crippen molar-refractivity contribution in [3.8, 4) is 0 Å². The molecule has 0 atom stereocenters. The molecule has 1 spiro atoms. The maximum atomic E-state index is 11.5. The van der Waals surface area contributed by atoms with Crippen LogP contribution in [0.15, 0.2) is 24.3 Å². The van der Waals surface area contributed by atoms with Crippen LogP contribution >= 0.6 is 0 Å². The Morgan fingerprint density at radius 3 is 2.50 bits per heavy atom. The van der Waals surface area contributed by atoms with Crippen molar-refractivity contribution in [3.63, 3.8) is 0 Å². The van der Waals surface area contributed by atoms with E-state index >= 15 is 0 Å². The maximum absolute atomic E-state index is 11.5. The van der Waals surface area contributed by atoms with Gasteiger partial charge in [0.05, 0.1) is 5.41 Å². The number of hydrogen-bond donors (Lipinski definition) is 1. The second-order valence-electron chi connectivity index (χ2n) is 3.58. The second-order valence-corrected chi connectivity index (χ2v) is 3.58. The molecule has 14 heavy (non-hydrogen) atoms. The summed E-state index contributed by atoms with van der Waals surface area (Å²) in [5.74, 6) is 0.198. The van der Waals surface area contributed by atoms with Gasteiger partial charge in [-0.1, -0.05) is 32.0 Å². The van der Waals surface area contributed by atoms with Crippen LogP contribution in [0.5, 0.6) is 0 Å². The molecule has 0 saturated heterocycles. The monoisotopic (exact) mass is 189 g/mol. The zero-order chi connectivity index (χ0) is 10.2. The molecule has 1 aliphatic heterocycles. The highest BCUT2D eigenvalue weighted by molar-refractivity contribution is 6.08. The van der Waals surface area contributed by atoms with Gasteiger partial charge in [-0.2, -0.15) is 0 Å². The lowest BCUT2D eigenvalue weighted by molar-refractivity contribution is -0.117. The minimum Gasteiger partial charge on any atom is -0.325 e. The highest BCUT2D eigenvalue weighted by Crippen LogP contribution is 2.54. The van der Waals surface area contributed by atoms with Gasteiger partial charge in [0.1, 0.15) is 0 Å². The third-order valence-electron chi connectivity index (χ3n) is 2.88. The molecule has 1 aromatic rings. The van der Waals surface area contributed by atoms with Crippen LogP contribution < -0.4 is 5.32 Å². The fraction of sp³-hybridized carbons (Fsp3) is 0.417. The summed E-state index contributed by atoms with van der Waals surface area (Å²) in [6.07, 6.45) is 2.05. The molecule has 1 aromatic carbocycles. The second kappa shape index (κ2) is 3.12. The quantitative estimate of drug-likeness (QED) is 0.668. The van der Waals surface area contributed by atoms with Crippen molar-refractivity contribution in [2.24, 2.45) is 0 Å². The Kier molecular flexibility index (Phi) is 2.06. The first-order valence-corrected chi connectivity index (χ1v) is 5.24. The van der Waals surface area contributed by atoms with E-state index in [1.807, 2.05) is 32.0 Å². The number of nitrogens with one attached hydrogen (secondary N) is 1. The van der Waals surface area contributed by atoms with Crippen LogP contribution in [0.25, 0.3) is 0 Å². The first-order valence-electron chi connectivity index (χ1n) is 5.24. The Morgan fingerprint density at radius 1 is 1.21 bits per heavy atom. The molecule has 0 bridgehead atoms. The fourth-order valence-electron chi connectivity index (χ4n) is 2.00. The molecule has 0 unspecified atom stereocenters. The van der Waals surface area contributed by atoms with E-state index in [1.54, 1.807) is 0 Å². The van der Waals surface area contributed by atoms with Crippen LogP contribution in [0.4, 0.5) is 5.69 Å². The summed E-state index contributed by atoms with van der Waals surface area (Å²) in [4.78, 5) is 11.5. The molecular weight excluding hydrogens is 174 g/mol. The number of fused-ring (bicyclic) bond motifs is 2. The van der Waals surface area contributed by atoms with Crippen LogP contribution in [0.3, 0.4) is 0 Å². The average molecular weight is 189 g/mol. The number of carbonyl (C=O) groups is 1. The molecular formula is C12H15NO. The lowest BCUT2D eigenvalue weighted by Crippen LogP contribution is -2.18. The minimum atomic E-state index is -0.114. The molecule has 1 amide bonds. The molecule has 0 aromatic heterocycles. The van der Waals surface area contributed by atoms with E-state index in [1.165, 1.54) is 5.56 Å². The number of carbonyl (C=O) groups excluding carboxylic acids is 1. The molecule has 1 N–H and O–H groups in total. The summed E-state index contributed by atoms with van der Waals surface area (Å²) in [7, 11) is 0. The molecule has 0 radical (unpaired) electrons. The number of rotatable bonds is 0. The Balaban J connectivity index is 0.000000354. The van der Waals surface area contributed by atoms with Gasteiger partial charge in [0.25, 0.3) is 0 Å². The molecule has 1 aliphatic carbocycles. The number of benzene rings is 1. The zero-order valence-corrected chi connectivity index (χ0v) is 8.63. The van der Waals surface area contributed by atoms with E-state index < -0.39 is 0 Å². The smallest absolute Gasteiger partial charge is 0.235 e. The maximum Gasteiger partial charge on any atom is 0.235 e. The highest BCUT2D eigenvalue weighted by atomic mass is 16.2. The van der Waals surface area contributed by atoms with Crippen LogP contribution in [0.2, 0.25) is 0 Å². The largest absolute Gasteiger partial charge is 0.325 e. The van der Waals surface area contributed by atoms with E-state index in [2.05, 4.69) is 11.4 Å². The van der Waals surface area contributed by atoms with Crippen molar-refractivity contribution in [3.05, 3.63) is 29.8 Å². The average Bonchev–Trinajstić information content (AvgIpc) is 2.97. The van der Waals surface area contributed by atoms with Gasteiger partial charge in [0.15, 0.2) is 0 Å². The highest BCUT2D eigenvalue weighted by Gasteiger charge is 2.55. The molecule has 2 heteroatoms. The van der Waals surface area contributed by atoms with Gasteiger partial charge in [-0.3, -0.25) is 4.79 Å². The summed E-state index contributed by atoms with van der Waals surface area (Å²) in [5.41, 5.74) is 2.10. The van der Waals surface area contributed by atoms with Gasteiger partial charge < -0.3 is 5.32 Å². The Bertz CT molecular complexity index is 366. The van der Waals surface area contributed by atoms with Crippen LogP contribution in [-0.2, 0) is 10.2 Å². The summed E-state index contributed by atoms with van der Waals surface area (Å²) < 4.78 is 0. The first kappa shape index (κ1) is 9.25. The van der Waals surface area contributed by atoms with Gasteiger partial charge >= 0.3 is 0 Å². The SMILES string of the molecule is CC.O=C1Nc2ccccc2C12CC2. The van der Waals surface area contributed by atoms with Gasteiger partial charge in [-0.15, -0.1) is 0 Å². The molecule has 1 saturated carbocycles. The zero-order valence-electron chi connectivity index (χ0n) is 8.63. The predicted octanol–water partition coefficient (Wildman–Crippen LogP) is 2.70. The van der Waals surface area contributed by atoms with Crippen LogP contribution in [0, 0.1) is 0 Å². The van der Waals surface area contributed by atoms with Crippen molar-refractivity contribution in [1.29, 1.82) is 0 Å². The van der Waals surface area contributed by atoms with Gasteiger partial charge in [0.2, 0.25) is 5.91 Å². The van der Waals surface area contributed by atoms with Gasteiger partial charge in [-0.05, 0) is 24.5 Å². The fourth-order valence-corrected chi connectivity index (χ4v) is 2.00. The van der Waals surface area contributed by atoms with E-state index in [9.17, 15) is 4.79 Å². The number of anilines is 1. The molecule has 2 nitrogen and oxygen atoms in total. The topological polar surface area (TPSA) is 29.1 Å². The third-order valence-corrected chi connectivity index (χ3v) is 2.88. The minimum absolute atomic E-state index is 0.114. The van der Waals surface area contributed by atoms with Crippen molar-refractivity contribution in [2.45, 2.75) is 32.1 Å². The third kappa shape index (κ3) is 1.07. The van der Waals surface area contributed by atoms with Crippen LogP contribution in [-0.4, -0.2) is 5.91 Å². The summed E-state index contributed by atoms with van der Waals surface area (Å²) in [6, 6.07) is 7.99. The standard InChI is InChI=1S/C10H9NO.C2H6/c12-9-10(5-6-10)7-3-1-2-4-8(7)11-9;1-2/h1-4H,5-6H2,(H,11,12);1-2H3.